The van der Waals surface area contributed by atoms with Gasteiger partial charge in [0, 0.05) is 5.56 Å². The average Bonchev–Trinajstić information content (AvgIpc) is 2.82. The lowest BCUT2D eigenvalue weighted by molar-refractivity contribution is -0.432. The van der Waals surface area contributed by atoms with Crippen LogP contribution in [0.25, 0.3) is 33.4 Å². The molecule has 38 heavy (non-hydrogen) atoms. The molecule has 0 N–H and O–H groups in total. The average molecular weight is 536 g/mol. The summed E-state index contributed by atoms with van der Waals surface area (Å²) in [5, 5.41) is 0. The summed E-state index contributed by atoms with van der Waals surface area (Å²) in [4.78, 5) is 0. The minimum Gasteiger partial charge on any atom is -0.222 e. The van der Waals surface area contributed by atoms with Gasteiger partial charge in [0.2, 0.25) is 0 Å². The Balaban J connectivity index is 1.59. The van der Waals surface area contributed by atoms with Crippen molar-refractivity contribution < 1.29 is 39.9 Å². The molecular formula is C29H20F8O. The van der Waals surface area contributed by atoms with Crippen molar-refractivity contribution in [1.29, 1.82) is 0 Å². The van der Waals surface area contributed by atoms with E-state index in [0.29, 0.717) is 23.3 Å². The highest BCUT2D eigenvalue weighted by atomic mass is 19.4. The second kappa shape index (κ2) is 10.6. The lowest BCUT2D eigenvalue weighted by Gasteiger charge is -2.20. The second-order valence-corrected chi connectivity index (χ2v) is 8.60. The lowest BCUT2D eigenvalue weighted by Crippen LogP contribution is -2.29. The standard InChI is InChI=1S/C29H20F8O/c1-2-3-17-4-6-18(7-5-17)19-8-10-20(11-9-19)21-12-13-23(24(30)14-21)22-15-25(31)27(26(32)16-22)28(33,34)38-29(35,36)37/h4-16H,2-3H2,1H3. The van der Waals surface area contributed by atoms with E-state index in [2.05, 4.69) is 23.8 Å². The molecular weight excluding hydrogens is 516 g/mol. The van der Waals surface area contributed by atoms with E-state index in [9.17, 15) is 35.1 Å². The van der Waals surface area contributed by atoms with Crippen LogP contribution < -0.4 is 0 Å². The van der Waals surface area contributed by atoms with Gasteiger partial charge in [-0.2, -0.15) is 8.78 Å². The van der Waals surface area contributed by atoms with Gasteiger partial charge in [0.05, 0.1) is 0 Å². The zero-order valence-corrected chi connectivity index (χ0v) is 19.9. The summed E-state index contributed by atoms with van der Waals surface area (Å²) in [6.07, 6.45) is -9.13. The number of rotatable bonds is 7. The summed E-state index contributed by atoms with van der Waals surface area (Å²) >= 11 is 0. The van der Waals surface area contributed by atoms with Crippen LogP contribution in [0.1, 0.15) is 24.5 Å². The summed E-state index contributed by atoms with van der Waals surface area (Å²) in [6.45, 7) is 2.10. The van der Waals surface area contributed by atoms with Gasteiger partial charge in [0.15, 0.2) is 0 Å². The van der Waals surface area contributed by atoms with Crippen LogP contribution in [0.15, 0.2) is 78.9 Å². The number of benzene rings is 4. The highest BCUT2D eigenvalue weighted by molar-refractivity contribution is 5.74. The molecule has 0 atom stereocenters. The summed E-state index contributed by atoms with van der Waals surface area (Å²) in [5.74, 6) is -4.95. The normalized spacial score (nSPS) is 12.1. The van der Waals surface area contributed by atoms with Crippen molar-refractivity contribution in [2.45, 2.75) is 32.2 Å². The fraction of sp³-hybridized carbons (Fsp3) is 0.172. The first kappa shape index (κ1) is 27.3. The minimum atomic E-state index is -5.85. The summed E-state index contributed by atoms with van der Waals surface area (Å²) in [7, 11) is 0. The molecule has 4 rings (SSSR count). The quantitative estimate of drug-likeness (QED) is 0.214. The van der Waals surface area contributed by atoms with Gasteiger partial charge in [-0.25, -0.2) is 17.9 Å². The van der Waals surface area contributed by atoms with Crippen molar-refractivity contribution in [3.8, 4) is 33.4 Å². The van der Waals surface area contributed by atoms with E-state index in [1.54, 1.807) is 12.1 Å². The zero-order chi connectivity index (χ0) is 27.7. The Morgan fingerprint density at radius 1 is 0.579 bits per heavy atom. The van der Waals surface area contributed by atoms with Crippen LogP contribution in [0.5, 0.6) is 0 Å². The number of halogens is 8. The maximum atomic E-state index is 14.9. The van der Waals surface area contributed by atoms with Crippen LogP contribution in [-0.4, -0.2) is 6.36 Å². The van der Waals surface area contributed by atoms with E-state index >= 15 is 0 Å². The van der Waals surface area contributed by atoms with Gasteiger partial charge < -0.3 is 0 Å². The molecule has 9 heteroatoms. The molecule has 0 heterocycles. The Bertz CT molecular complexity index is 1400. The molecule has 4 aromatic carbocycles. The smallest absolute Gasteiger partial charge is 0.222 e. The van der Waals surface area contributed by atoms with Crippen molar-refractivity contribution in [1.82, 2.24) is 0 Å². The highest BCUT2D eigenvalue weighted by Crippen LogP contribution is 2.40. The van der Waals surface area contributed by atoms with Gasteiger partial charge >= 0.3 is 12.5 Å². The van der Waals surface area contributed by atoms with Gasteiger partial charge in [0.25, 0.3) is 0 Å². The van der Waals surface area contributed by atoms with E-state index in [1.165, 1.54) is 17.7 Å². The van der Waals surface area contributed by atoms with Crippen LogP contribution in [0.4, 0.5) is 35.1 Å². The largest absolute Gasteiger partial charge is 0.527 e. The van der Waals surface area contributed by atoms with Gasteiger partial charge in [-0.15, -0.1) is 13.2 Å². The Morgan fingerprint density at radius 3 is 1.50 bits per heavy atom. The Morgan fingerprint density at radius 2 is 1.03 bits per heavy atom. The molecule has 0 spiro atoms. The lowest BCUT2D eigenvalue weighted by atomic mass is 9.96. The number of alkyl halides is 5. The van der Waals surface area contributed by atoms with E-state index in [0.717, 1.165) is 30.0 Å². The van der Waals surface area contributed by atoms with Crippen molar-refractivity contribution in [3.05, 3.63) is 107 Å². The molecule has 0 radical (unpaired) electrons. The molecule has 198 valence electrons. The van der Waals surface area contributed by atoms with E-state index in [-0.39, 0.29) is 5.56 Å². The number of aryl methyl sites for hydroxylation is 1. The minimum absolute atomic E-state index is 0.324. The molecule has 0 fully saturated rings. The van der Waals surface area contributed by atoms with Crippen LogP contribution in [0.3, 0.4) is 0 Å². The molecule has 0 aliphatic heterocycles. The fourth-order valence-corrected chi connectivity index (χ4v) is 4.14. The molecule has 0 aliphatic rings. The molecule has 0 aliphatic carbocycles. The maximum absolute atomic E-state index is 14.9. The van der Waals surface area contributed by atoms with Gasteiger partial charge in [-0.1, -0.05) is 74.0 Å². The Kier molecular flexibility index (Phi) is 7.60. The predicted molar refractivity (Wildman–Crippen MR) is 128 cm³/mol. The van der Waals surface area contributed by atoms with E-state index in [1.807, 2.05) is 24.3 Å². The third-order valence-corrected chi connectivity index (χ3v) is 5.90. The highest BCUT2D eigenvalue weighted by Gasteiger charge is 2.49. The van der Waals surface area contributed by atoms with Crippen LogP contribution in [-0.2, 0) is 17.3 Å². The topological polar surface area (TPSA) is 9.23 Å². The molecule has 4 aromatic rings. The third kappa shape index (κ3) is 6.05. The molecule has 0 saturated heterocycles. The zero-order valence-electron chi connectivity index (χ0n) is 19.9. The van der Waals surface area contributed by atoms with Crippen LogP contribution in [0, 0.1) is 17.5 Å². The molecule has 0 amide bonds. The summed E-state index contributed by atoms with van der Waals surface area (Å²) in [6, 6.07) is 19.9. The number of ether oxygens (including phenoxy) is 1. The van der Waals surface area contributed by atoms with Crippen LogP contribution >= 0.6 is 0 Å². The monoisotopic (exact) mass is 536 g/mol. The third-order valence-electron chi connectivity index (χ3n) is 5.90. The molecule has 0 unspecified atom stereocenters. The van der Waals surface area contributed by atoms with Crippen molar-refractivity contribution in [2.75, 3.05) is 0 Å². The molecule has 0 saturated carbocycles. The molecule has 0 bridgehead atoms. The Hall–Kier alpha value is -3.72. The Labute approximate surface area is 213 Å². The number of hydrogen-bond acceptors (Lipinski definition) is 1. The van der Waals surface area contributed by atoms with Crippen molar-refractivity contribution in [3.63, 3.8) is 0 Å². The van der Waals surface area contributed by atoms with Crippen molar-refractivity contribution in [2.24, 2.45) is 0 Å². The van der Waals surface area contributed by atoms with E-state index in [4.69, 9.17) is 0 Å². The van der Waals surface area contributed by atoms with Gasteiger partial charge in [-0.05, 0) is 58.0 Å². The SMILES string of the molecule is CCCc1ccc(-c2ccc(-c3ccc(-c4cc(F)c(C(F)(F)OC(F)(F)F)c(F)c4)c(F)c3)cc2)cc1. The first-order valence-electron chi connectivity index (χ1n) is 11.5. The first-order valence-corrected chi connectivity index (χ1v) is 11.5. The van der Waals surface area contributed by atoms with Gasteiger partial charge in [0.1, 0.15) is 23.0 Å². The second-order valence-electron chi connectivity index (χ2n) is 8.60. The summed E-state index contributed by atoms with van der Waals surface area (Å²) < 4.78 is 110. The molecule has 1 nitrogen and oxygen atoms in total. The van der Waals surface area contributed by atoms with Crippen molar-refractivity contribution >= 4 is 0 Å². The van der Waals surface area contributed by atoms with Crippen LogP contribution in [0.2, 0.25) is 0 Å². The van der Waals surface area contributed by atoms with E-state index < -0.39 is 41.0 Å². The molecule has 0 aromatic heterocycles. The summed E-state index contributed by atoms with van der Waals surface area (Å²) in [5.41, 5.74) is 1.26. The predicted octanol–water partition coefficient (Wildman–Crippen LogP) is 9.64. The number of hydrogen-bond donors (Lipinski definition) is 0. The first-order chi connectivity index (χ1) is 17.9. The van der Waals surface area contributed by atoms with Gasteiger partial charge in [-0.3, -0.25) is 0 Å². The maximum Gasteiger partial charge on any atom is 0.527 e. The fourth-order valence-electron chi connectivity index (χ4n) is 4.14.